The Labute approximate surface area is 166 Å². The highest BCUT2D eigenvalue weighted by molar-refractivity contribution is 5.90. The molecule has 2 aromatic rings. The summed E-state index contributed by atoms with van der Waals surface area (Å²) >= 11 is 0. The standard InChI is InChI=1S/C23H28FN3O/c24-19-8-10-20(11-9-19)25-23(28)6-3-13-26-14-16-27(17-15-26)22-12-7-18-4-1-2-5-21(18)22/h1-2,4-5,8-11,22H,3,6-7,12-17H2,(H,25,28). The summed E-state index contributed by atoms with van der Waals surface area (Å²) in [5.41, 5.74) is 3.69. The van der Waals surface area contributed by atoms with E-state index in [0.29, 0.717) is 18.2 Å². The fourth-order valence-electron chi connectivity index (χ4n) is 4.43. The molecule has 0 radical (unpaired) electrons. The molecule has 1 amide bonds. The number of nitrogens with zero attached hydrogens (tertiary/aromatic N) is 2. The van der Waals surface area contributed by atoms with E-state index in [9.17, 15) is 9.18 Å². The van der Waals surface area contributed by atoms with Crippen molar-refractivity contribution < 1.29 is 9.18 Å². The number of carbonyl (C=O) groups excluding carboxylic acids is 1. The highest BCUT2D eigenvalue weighted by Gasteiger charge is 2.29. The molecule has 1 aliphatic carbocycles. The molecular weight excluding hydrogens is 353 g/mol. The first kappa shape index (κ1) is 19.1. The van der Waals surface area contributed by atoms with Gasteiger partial charge in [-0.15, -0.1) is 0 Å². The smallest absolute Gasteiger partial charge is 0.224 e. The largest absolute Gasteiger partial charge is 0.326 e. The van der Waals surface area contributed by atoms with Gasteiger partial charge in [0, 0.05) is 44.3 Å². The molecule has 0 saturated carbocycles. The molecule has 1 aliphatic heterocycles. The Hall–Kier alpha value is -2.24. The van der Waals surface area contributed by atoms with E-state index in [4.69, 9.17) is 0 Å². The van der Waals surface area contributed by atoms with Crippen molar-refractivity contribution >= 4 is 11.6 Å². The van der Waals surface area contributed by atoms with E-state index in [1.807, 2.05) is 0 Å². The molecule has 1 heterocycles. The van der Waals surface area contributed by atoms with E-state index >= 15 is 0 Å². The molecule has 5 heteroatoms. The van der Waals surface area contributed by atoms with E-state index in [2.05, 4.69) is 39.4 Å². The Morgan fingerprint density at radius 2 is 1.79 bits per heavy atom. The van der Waals surface area contributed by atoms with Gasteiger partial charge in [0.15, 0.2) is 0 Å². The normalized spacial score (nSPS) is 20.1. The highest BCUT2D eigenvalue weighted by atomic mass is 19.1. The second kappa shape index (κ2) is 8.84. The Morgan fingerprint density at radius 1 is 1.04 bits per heavy atom. The van der Waals surface area contributed by atoms with Gasteiger partial charge in [-0.1, -0.05) is 24.3 Å². The molecule has 0 aromatic heterocycles. The molecular formula is C23H28FN3O. The average Bonchev–Trinajstić information content (AvgIpc) is 3.14. The van der Waals surface area contributed by atoms with Gasteiger partial charge in [0.25, 0.3) is 0 Å². The minimum Gasteiger partial charge on any atom is -0.326 e. The fraction of sp³-hybridized carbons (Fsp3) is 0.435. The van der Waals surface area contributed by atoms with E-state index in [0.717, 1.165) is 39.1 Å². The second-order valence-electron chi connectivity index (χ2n) is 7.79. The van der Waals surface area contributed by atoms with Gasteiger partial charge in [0.2, 0.25) is 5.91 Å². The summed E-state index contributed by atoms with van der Waals surface area (Å²) in [5.74, 6) is -0.300. The van der Waals surface area contributed by atoms with Crippen LogP contribution >= 0.6 is 0 Å². The maximum atomic E-state index is 12.9. The van der Waals surface area contributed by atoms with E-state index < -0.39 is 0 Å². The number of rotatable bonds is 6. The number of carbonyl (C=O) groups is 1. The zero-order chi connectivity index (χ0) is 19.3. The van der Waals surface area contributed by atoms with Gasteiger partial charge in [0.1, 0.15) is 5.82 Å². The summed E-state index contributed by atoms with van der Waals surface area (Å²) in [6.07, 6.45) is 3.78. The van der Waals surface area contributed by atoms with Crippen LogP contribution < -0.4 is 5.32 Å². The Balaban J connectivity index is 1.17. The summed E-state index contributed by atoms with van der Waals surface area (Å²) in [6, 6.07) is 15.3. The third kappa shape index (κ3) is 4.59. The molecule has 148 valence electrons. The maximum absolute atomic E-state index is 12.9. The lowest BCUT2D eigenvalue weighted by Gasteiger charge is -2.38. The summed E-state index contributed by atoms with van der Waals surface area (Å²) in [6.45, 7) is 5.28. The summed E-state index contributed by atoms with van der Waals surface area (Å²) in [4.78, 5) is 17.1. The maximum Gasteiger partial charge on any atom is 0.224 e. The third-order valence-corrected chi connectivity index (χ3v) is 5.96. The van der Waals surface area contributed by atoms with Crippen LogP contribution in [0.15, 0.2) is 48.5 Å². The number of hydrogen-bond acceptors (Lipinski definition) is 3. The van der Waals surface area contributed by atoms with Crippen molar-refractivity contribution in [3.63, 3.8) is 0 Å². The number of benzene rings is 2. The zero-order valence-corrected chi connectivity index (χ0v) is 16.2. The van der Waals surface area contributed by atoms with Crippen LogP contribution in [0, 0.1) is 5.82 Å². The van der Waals surface area contributed by atoms with Gasteiger partial charge >= 0.3 is 0 Å². The zero-order valence-electron chi connectivity index (χ0n) is 16.2. The topological polar surface area (TPSA) is 35.6 Å². The van der Waals surface area contributed by atoms with Crippen molar-refractivity contribution in [3.05, 3.63) is 65.5 Å². The predicted octanol–water partition coefficient (Wildman–Crippen LogP) is 3.85. The van der Waals surface area contributed by atoms with Crippen LogP contribution in [-0.4, -0.2) is 48.4 Å². The van der Waals surface area contributed by atoms with Crippen molar-refractivity contribution in [2.45, 2.75) is 31.7 Å². The van der Waals surface area contributed by atoms with Gasteiger partial charge in [0.05, 0.1) is 0 Å². The van der Waals surface area contributed by atoms with E-state index in [-0.39, 0.29) is 11.7 Å². The molecule has 1 saturated heterocycles. The van der Waals surface area contributed by atoms with Crippen LogP contribution in [0.25, 0.3) is 0 Å². The van der Waals surface area contributed by atoms with Crippen LogP contribution in [0.3, 0.4) is 0 Å². The summed E-state index contributed by atoms with van der Waals surface area (Å²) in [5, 5.41) is 2.83. The molecule has 4 nitrogen and oxygen atoms in total. The van der Waals surface area contributed by atoms with E-state index in [1.165, 1.54) is 36.1 Å². The molecule has 4 rings (SSSR count). The summed E-state index contributed by atoms with van der Waals surface area (Å²) in [7, 11) is 0. The molecule has 1 atom stereocenters. The van der Waals surface area contributed by atoms with Gasteiger partial charge in [-0.3, -0.25) is 9.69 Å². The summed E-state index contributed by atoms with van der Waals surface area (Å²) < 4.78 is 12.9. The fourth-order valence-corrected chi connectivity index (χ4v) is 4.43. The number of fused-ring (bicyclic) bond motifs is 1. The first-order valence-corrected chi connectivity index (χ1v) is 10.3. The van der Waals surface area contributed by atoms with Gasteiger partial charge in [-0.25, -0.2) is 4.39 Å². The lowest BCUT2D eigenvalue weighted by molar-refractivity contribution is -0.116. The number of hydrogen-bond donors (Lipinski definition) is 1. The number of piperazine rings is 1. The molecule has 2 aliphatic rings. The minimum absolute atomic E-state index is 0.00666. The SMILES string of the molecule is O=C(CCCN1CCN(C2CCc3ccccc32)CC1)Nc1ccc(F)cc1. The van der Waals surface area contributed by atoms with Crippen LogP contribution in [0.5, 0.6) is 0 Å². The number of halogens is 1. The van der Waals surface area contributed by atoms with Crippen molar-refractivity contribution in [3.8, 4) is 0 Å². The molecule has 2 aromatic carbocycles. The highest BCUT2D eigenvalue weighted by Crippen LogP contribution is 2.35. The first-order chi connectivity index (χ1) is 13.7. The molecule has 1 unspecified atom stereocenters. The lowest BCUT2D eigenvalue weighted by atomic mass is 10.1. The van der Waals surface area contributed by atoms with Crippen LogP contribution in [0.4, 0.5) is 10.1 Å². The molecule has 1 N–H and O–H groups in total. The van der Waals surface area contributed by atoms with Crippen LogP contribution in [0.2, 0.25) is 0 Å². The average molecular weight is 381 g/mol. The number of anilines is 1. The molecule has 1 fully saturated rings. The first-order valence-electron chi connectivity index (χ1n) is 10.3. The number of nitrogens with one attached hydrogen (secondary N) is 1. The Bertz CT molecular complexity index is 800. The Kier molecular flexibility index (Phi) is 6.03. The Morgan fingerprint density at radius 3 is 2.57 bits per heavy atom. The third-order valence-electron chi connectivity index (χ3n) is 5.96. The van der Waals surface area contributed by atoms with Crippen molar-refractivity contribution in [2.75, 3.05) is 38.0 Å². The second-order valence-corrected chi connectivity index (χ2v) is 7.79. The van der Waals surface area contributed by atoms with Gasteiger partial charge in [-0.05, 0) is 61.2 Å². The van der Waals surface area contributed by atoms with E-state index in [1.54, 1.807) is 12.1 Å². The van der Waals surface area contributed by atoms with Gasteiger partial charge in [-0.2, -0.15) is 0 Å². The van der Waals surface area contributed by atoms with Crippen molar-refractivity contribution in [2.24, 2.45) is 0 Å². The quantitative estimate of drug-likeness (QED) is 0.826. The minimum atomic E-state index is -0.293. The van der Waals surface area contributed by atoms with Gasteiger partial charge < -0.3 is 10.2 Å². The van der Waals surface area contributed by atoms with Crippen LogP contribution in [-0.2, 0) is 11.2 Å². The number of aryl methyl sites for hydroxylation is 1. The van der Waals surface area contributed by atoms with Crippen LogP contribution in [0.1, 0.15) is 36.4 Å². The number of amides is 1. The van der Waals surface area contributed by atoms with Crippen molar-refractivity contribution in [1.29, 1.82) is 0 Å². The monoisotopic (exact) mass is 381 g/mol. The molecule has 0 spiro atoms. The van der Waals surface area contributed by atoms with Crippen molar-refractivity contribution in [1.82, 2.24) is 9.80 Å². The predicted molar refractivity (Wildman–Crippen MR) is 110 cm³/mol. The molecule has 0 bridgehead atoms. The lowest BCUT2D eigenvalue weighted by Crippen LogP contribution is -2.47. The molecule has 28 heavy (non-hydrogen) atoms.